The van der Waals surface area contributed by atoms with E-state index in [9.17, 15) is 18.7 Å². The van der Waals surface area contributed by atoms with E-state index in [1.54, 1.807) is 0 Å². The Morgan fingerprint density at radius 2 is 1.79 bits per heavy atom. The average Bonchev–Trinajstić information content (AvgIpc) is 2.59. The van der Waals surface area contributed by atoms with Crippen molar-refractivity contribution in [2.24, 2.45) is 0 Å². The highest BCUT2D eigenvalue weighted by Crippen LogP contribution is 2.44. The van der Waals surface area contributed by atoms with Crippen LogP contribution in [0.3, 0.4) is 0 Å². The minimum Gasteiger partial charge on any atom is -0.383 e. The van der Waals surface area contributed by atoms with E-state index >= 15 is 0 Å². The lowest BCUT2D eigenvalue weighted by Gasteiger charge is -2.42. The first-order valence-corrected chi connectivity index (χ1v) is 8.42. The second-order valence-corrected chi connectivity index (χ2v) is 6.90. The van der Waals surface area contributed by atoms with Gasteiger partial charge in [0.25, 0.3) is 5.91 Å². The first-order chi connectivity index (χ1) is 11.4. The van der Waals surface area contributed by atoms with Crippen LogP contribution in [0.2, 0.25) is 0 Å². The van der Waals surface area contributed by atoms with Crippen LogP contribution in [-0.4, -0.2) is 42.3 Å². The zero-order valence-corrected chi connectivity index (χ0v) is 13.6. The van der Waals surface area contributed by atoms with Crippen LogP contribution < -0.4 is 5.32 Å². The molecule has 1 saturated heterocycles. The molecule has 1 saturated carbocycles. The van der Waals surface area contributed by atoms with Gasteiger partial charge in [0.15, 0.2) is 0 Å². The summed E-state index contributed by atoms with van der Waals surface area (Å²) in [6.45, 7) is 1.18. The van der Waals surface area contributed by atoms with Gasteiger partial charge in [0.1, 0.15) is 5.60 Å². The van der Waals surface area contributed by atoms with Crippen molar-refractivity contribution >= 4 is 5.91 Å². The van der Waals surface area contributed by atoms with Gasteiger partial charge >= 0.3 is 5.92 Å². The van der Waals surface area contributed by atoms with Crippen LogP contribution in [0, 0.1) is 0 Å². The summed E-state index contributed by atoms with van der Waals surface area (Å²) in [6.07, 6.45) is 1.76. The molecule has 3 rings (SSSR count). The van der Waals surface area contributed by atoms with Crippen molar-refractivity contribution in [2.75, 3.05) is 19.8 Å². The average molecular weight is 339 g/mol. The summed E-state index contributed by atoms with van der Waals surface area (Å²) in [6, 6.07) is 9.61. The lowest BCUT2D eigenvalue weighted by molar-refractivity contribution is -0.216. The van der Waals surface area contributed by atoms with E-state index < -0.39 is 22.8 Å². The van der Waals surface area contributed by atoms with Gasteiger partial charge in [-0.2, -0.15) is 8.78 Å². The lowest BCUT2D eigenvalue weighted by atomic mass is 9.73. The molecule has 2 aliphatic rings. The highest BCUT2D eigenvalue weighted by Gasteiger charge is 2.61. The molecule has 1 aliphatic carbocycles. The fraction of sp³-hybridized carbons (Fsp3) is 0.611. The van der Waals surface area contributed by atoms with Crippen molar-refractivity contribution in [3.8, 4) is 0 Å². The van der Waals surface area contributed by atoms with Crippen LogP contribution in [0.15, 0.2) is 30.3 Å². The molecule has 0 atom stereocenters. The van der Waals surface area contributed by atoms with E-state index in [-0.39, 0.29) is 19.4 Å². The Balaban J connectivity index is 1.73. The summed E-state index contributed by atoms with van der Waals surface area (Å²) in [5.41, 5.74) is -1.58. The third-order valence-electron chi connectivity index (χ3n) is 5.47. The number of halogens is 2. The van der Waals surface area contributed by atoms with Gasteiger partial charge in [0.2, 0.25) is 0 Å². The first kappa shape index (κ1) is 17.3. The molecule has 4 nitrogen and oxygen atoms in total. The molecule has 1 amide bonds. The Hall–Kier alpha value is -1.53. The summed E-state index contributed by atoms with van der Waals surface area (Å²) in [5, 5.41) is 12.3. The fourth-order valence-corrected chi connectivity index (χ4v) is 3.52. The first-order valence-electron chi connectivity index (χ1n) is 8.42. The number of aliphatic hydroxyl groups is 1. The highest BCUT2D eigenvalue weighted by molar-refractivity contribution is 5.85. The number of hydrogen-bond donors (Lipinski definition) is 2. The Bertz CT molecular complexity index is 581. The molecule has 1 heterocycles. The van der Waals surface area contributed by atoms with Gasteiger partial charge in [-0.1, -0.05) is 30.3 Å². The molecular weight excluding hydrogens is 316 g/mol. The molecule has 6 heteroatoms. The summed E-state index contributed by atoms with van der Waals surface area (Å²) in [5.74, 6) is -5.14. The van der Waals surface area contributed by atoms with Gasteiger partial charge in [-0.3, -0.25) is 4.79 Å². The Morgan fingerprint density at radius 3 is 2.33 bits per heavy atom. The second kappa shape index (κ2) is 6.41. The van der Waals surface area contributed by atoms with Crippen molar-refractivity contribution in [1.29, 1.82) is 0 Å². The standard InChI is InChI=1S/C18H23F2NO3/c19-18(20,17(23)7-4-8-17)15(22)21-13-16(9-11-24-12-10-16)14-5-2-1-3-6-14/h1-3,5-6,23H,4,7-13H2,(H,21,22). The van der Waals surface area contributed by atoms with Gasteiger partial charge in [-0.05, 0) is 37.7 Å². The molecule has 2 fully saturated rings. The number of rotatable bonds is 5. The SMILES string of the molecule is O=C(NCC1(c2ccccc2)CCOCC1)C(F)(F)C1(O)CCC1. The molecular formula is C18H23F2NO3. The van der Waals surface area contributed by atoms with Gasteiger partial charge in [0.05, 0.1) is 0 Å². The maximum atomic E-state index is 14.2. The number of nitrogens with one attached hydrogen (secondary N) is 1. The van der Waals surface area contributed by atoms with E-state index in [0.29, 0.717) is 32.5 Å². The predicted octanol–water partition coefficient (Wildman–Crippen LogP) is 2.40. The smallest absolute Gasteiger partial charge is 0.352 e. The number of carbonyl (C=O) groups excluding carboxylic acids is 1. The summed E-state index contributed by atoms with van der Waals surface area (Å²) in [4.78, 5) is 12.1. The number of ether oxygens (including phenoxy) is 1. The summed E-state index contributed by atoms with van der Waals surface area (Å²) < 4.78 is 33.9. The van der Waals surface area contributed by atoms with E-state index in [1.807, 2.05) is 30.3 Å². The number of benzene rings is 1. The molecule has 24 heavy (non-hydrogen) atoms. The van der Waals surface area contributed by atoms with E-state index in [2.05, 4.69) is 5.32 Å². The number of amides is 1. The molecule has 0 aromatic heterocycles. The minimum atomic E-state index is -3.76. The largest absolute Gasteiger partial charge is 0.383 e. The van der Waals surface area contributed by atoms with Gasteiger partial charge in [-0.25, -0.2) is 0 Å². The van der Waals surface area contributed by atoms with Crippen molar-refractivity contribution in [2.45, 2.75) is 49.0 Å². The lowest BCUT2D eigenvalue weighted by Crippen LogP contribution is -2.61. The molecule has 1 aromatic carbocycles. The van der Waals surface area contributed by atoms with Crippen molar-refractivity contribution < 1.29 is 23.4 Å². The topological polar surface area (TPSA) is 58.6 Å². The minimum absolute atomic E-state index is 0.0366. The Labute approximate surface area is 140 Å². The second-order valence-electron chi connectivity index (χ2n) is 6.90. The Kier molecular flexibility index (Phi) is 4.62. The monoisotopic (exact) mass is 339 g/mol. The van der Waals surface area contributed by atoms with Gasteiger partial charge < -0.3 is 15.2 Å². The molecule has 0 spiro atoms. The zero-order chi connectivity index (χ0) is 17.3. The fourth-order valence-electron chi connectivity index (χ4n) is 3.52. The number of alkyl halides is 2. The van der Waals surface area contributed by atoms with Crippen LogP contribution in [0.4, 0.5) is 8.78 Å². The molecule has 1 aromatic rings. The van der Waals surface area contributed by atoms with Gasteiger partial charge in [-0.15, -0.1) is 0 Å². The van der Waals surface area contributed by atoms with Crippen LogP contribution in [0.25, 0.3) is 0 Å². The van der Waals surface area contributed by atoms with Crippen LogP contribution in [0.5, 0.6) is 0 Å². The molecule has 0 bridgehead atoms. The molecule has 0 unspecified atom stereocenters. The summed E-state index contributed by atoms with van der Waals surface area (Å²) in [7, 11) is 0. The number of carbonyl (C=O) groups is 1. The molecule has 0 radical (unpaired) electrons. The van der Waals surface area contributed by atoms with Crippen molar-refractivity contribution in [3.63, 3.8) is 0 Å². The maximum Gasteiger partial charge on any atom is 0.352 e. The third-order valence-corrected chi connectivity index (χ3v) is 5.47. The molecule has 132 valence electrons. The molecule has 1 aliphatic heterocycles. The maximum absolute atomic E-state index is 14.2. The van der Waals surface area contributed by atoms with Crippen molar-refractivity contribution in [1.82, 2.24) is 5.32 Å². The normalized spacial score (nSPS) is 22.5. The van der Waals surface area contributed by atoms with Crippen LogP contribution >= 0.6 is 0 Å². The number of hydrogen-bond acceptors (Lipinski definition) is 3. The van der Waals surface area contributed by atoms with Crippen molar-refractivity contribution in [3.05, 3.63) is 35.9 Å². The Morgan fingerprint density at radius 1 is 1.17 bits per heavy atom. The van der Waals surface area contributed by atoms with Gasteiger partial charge in [0, 0.05) is 25.2 Å². The van der Waals surface area contributed by atoms with E-state index in [0.717, 1.165) is 5.56 Å². The zero-order valence-electron chi connectivity index (χ0n) is 13.6. The quantitative estimate of drug-likeness (QED) is 0.866. The van der Waals surface area contributed by atoms with E-state index in [4.69, 9.17) is 4.74 Å². The summed E-state index contributed by atoms with van der Waals surface area (Å²) >= 11 is 0. The van der Waals surface area contributed by atoms with Crippen LogP contribution in [-0.2, 0) is 14.9 Å². The third kappa shape index (κ3) is 2.93. The van der Waals surface area contributed by atoms with Crippen LogP contribution in [0.1, 0.15) is 37.7 Å². The molecule has 2 N–H and O–H groups in total. The van der Waals surface area contributed by atoms with E-state index in [1.165, 1.54) is 0 Å². The highest BCUT2D eigenvalue weighted by atomic mass is 19.3. The predicted molar refractivity (Wildman–Crippen MR) is 84.9 cm³/mol.